The molecular formula is C13H12BrClN4O. The topological polar surface area (TPSA) is 66.9 Å². The van der Waals surface area contributed by atoms with Crippen LogP contribution in [0.1, 0.15) is 17.3 Å². The van der Waals surface area contributed by atoms with Crippen LogP contribution < -0.4 is 10.6 Å². The van der Waals surface area contributed by atoms with E-state index in [9.17, 15) is 4.79 Å². The Labute approximate surface area is 129 Å². The highest BCUT2D eigenvalue weighted by Crippen LogP contribution is 2.19. The Morgan fingerprint density at radius 1 is 1.30 bits per heavy atom. The van der Waals surface area contributed by atoms with Gasteiger partial charge in [-0.15, -0.1) is 0 Å². The first kappa shape index (κ1) is 14.7. The second-order valence-corrected chi connectivity index (χ2v) is 5.22. The number of pyridine rings is 2. The lowest BCUT2D eigenvalue weighted by Gasteiger charge is -2.08. The van der Waals surface area contributed by atoms with Gasteiger partial charge in [-0.1, -0.05) is 11.6 Å². The van der Waals surface area contributed by atoms with Gasteiger partial charge < -0.3 is 10.6 Å². The predicted octanol–water partition coefficient (Wildman–Crippen LogP) is 3.58. The third kappa shape index (κ3) is 3.68. The van der Waals surface area contributed by atoms with Gasteiger partial charge in [0.25, 0.3) is 5.91 Å². The summed E-state index contributed by atoms with van der Waals surface area (Å²) < 4.78 is 0.840. The summed E-state index contributed by atoms with van der Waals surface area (Å²) in [6, 6.07) is 5.10. The summed E-state index contributed by atoms with van der Waals surface area (Å²) in [6.45, 7) is 2.66. The second-order valence-electron chi connectivity index (χ2n) is 3.90. The molecule has 5 nitrogen and oxygen atoms in total. The van der Waals surface area contributed by atoms with Crippen LogP contribution in [0.15, 0.2) is 35.1 Å². The Morgan fingerprint density at radius 3 is 2.70 bits per heavy atom. The van der Waals surface area contributed by atoms with E-state index in [0.29, 0.717) is 28.8 Å². The first-order valence-electron chi connectivity index (χ1n) is 5.92. The highest BCUT2D eigenvalue weighted by Gasteiger charge is 2.12. The smallest absolute Gasteiger partial charge is 0.258 e. The number of anilines is 2. The number of rotatable bonds is 4. The monoisotopic (exact) mass is 354 g/mol. The summed E-state index contributed by atoms with van der Waals surface area (Å²) in [7, 11) is 0. The van der Waals surface area contributed by atoms with E-state index in [1.54, 1.807) is 24.4 Å². The molecule has 2 N–H and O–H groups in total. The molecule has 2 aromatic rings. The van der Waals surface area contributed by atoms with Crippen LogP contribution in [0.4, 0.5) is 11.6 Å². The van der Waals surface area contributed by atoms with Gasteiger partial charge in [0.05, 0.1) is 10.6 Å². The van der Waals surface area contributed by atoms with E-state index in [0.717, 1.165) is 4.47 Å². The largest absolute Gasteiger partial charge is 0.370 e. The minimum absolute atomic E-state index is 0.293. The zero-order valence-electron chi connectivity index (χ0n) is 10.7. The van der Waals surface area contributed by atoms with E-state index in [-0.39, 0.29) is 5.91 Å². The highest BCUT2D eigenvalue weighted by atomic mass is 79.9. The van der Waals surface area contributed by atoms with Gasteiger partial charge in [0, 0.05) is 23.4 Å². The maximum atomic E-state index is 12.2. The maximum Gasteiger partial charge on any atom is 0.258 e. The first-order valence-corrected chi connectivity index (χ1v) is 7.09. The fourth-order valence-electron chi connectivity index (χ4n) is 1.52. The summed E-state index contributed by atoms with van der Waals surface area (Å²) >= 11 is 9.29. The molecule has 0 aliphatic heterocycles. The normalized spacial score (nSPS) is 10.2. The molecule has 0 saturated heterocycles. The van der Waals surface area contributed by atoms with Crippen molar-refractivity contribution >= 4 is 45.1 Å². The van der Waals surface area contributed by atoms with Gasteiger partial charge in [-0.3, -0.25) is 4.79 Å². The fourth-order valence-corrected chi connectivity index (χ4v) is 1.95. The molecule has 0 fully saturated rings. The van der Waals surface area contributed by atoms with Crippen LogP contribution >= 0.6 is 27.5 Å². The Balaban J connectivity index is 2.19. The van der Waals surface area contributed by atoms with E-state index < -0.39 is 0 Å². The molecule has 2 rings (SSSR count). The van der Waals surface area contributed by atoms with Gasteiger partial charge >= 0.3 is 0 Å². The molecule has 0 aliphatic rings. The summed E-state index contributed by atoms with van der Waals surface area (Å²) in [6.07, 6.45) is 3.05. The molecule has 0 bridgehead atoms. The number of nitrogens with zero attached hydrogens (tertiary/aromatic N) is 2. The molecule has 0 aromatic carbocycles. The number of carbonyl (C=O) groups excluding carboxylic acids is 1. The van der Waals surface area contributed by atoms with E-state index >= 15 is 0 Å². The third-order valence-electron chi connectivity index (χ3n) is 2.43. The molecular weight excluding hydrogens is 344 g/mol. The summed E-state index contributed by atoms with van der Waals surface area (Å²) in [4.78, 5) is 20.3. The molecule has 0 unspecified atom stereocenters. The van der Waals surface area contributed by atoms with Crippen molar-refractivity contribution in [2.45, 2.75) is 6.92 Å². The van der Waals surface area contributed by atoms with Crippen molar-refractivity contribution in [2.24, 2.45) is 0 Å². The van der Waals surface area contributed by atoms with Crippen LogP contribution in [0.3, 0.4) is 0 Å². The maximum absolute atomic E-state index is 12.2. The molecule has 2 aromatic heterocycles. The lowest BCUT2D eigenvalue weighted by Crippen LogP contribution is -2.14. The molecule has 2 heterocycles. The molecule has 7 heteroatoms. The van der Waals surface area contributed by atoms with Crippen molar-refractivity contribution in [1.82, 2.24) is 9.97 Å². The van der Waals surface area contributed by atoms with Crippen molar-refractivity contribution in [3.05, 3.63) is 45.7 Å². The Hall–Kier alpha value is -1.66. The van der Waals surface area contributed by atoms with Gasteiger partial charge in [0.15, 0.2) is 0 Å². The molecule has 20 heavy (non-hydrogen) atoms. The Bertz CT molecular complexity index is 618. The average Bonchev–Trinajstić information content (AvgIpc) is 2.43. The molecule has 0 atom stereocenters. The number of aromatic nitrogens is 2. The SMILES string of the molecule is CCNc1cc(C(=O)Nc2ccc(Br)cn2)c(Cl)cn1. The summed E-state index contributed by atoms with van der Waals surface area (Å²) in [5.74, 6) is 0.730. The molecule has 0 aliphatic carbocycles. The van der Waals surface area contributed by atoms with Gasteiger partial charge in [-0.05, 0) is 41.1 Å². The zero-order valence-corrected chi connectivity index (χ0v) is 13.0. The first-order chi connectivity index (χ1) is 9.60. The van der Waals surface area contributed by atoms with Gasteiger partial charge in [0.2, 0.25) is 0 Å². The highest BCUT2D eigenvalue weighted by molar-refractivity contribution is 9.10. The van der Waals surface area contributed by atoms with Gasteiger partial charge in [-0.2, -0.15) is 0 Å². The van der Waals surface area contributed by atoms with Crippen molar-refractivity contribution in [3.63, 3.8) is 0 Å². The van der Waals surface area contributed by atoms with Crippen molar-refractivity contribution in [1.29, 1.82) is 0 Å². The minimum Gasteiger partial charge on any atom is -0.370 e. The predicted molar refractivity (Wildman–Crippen MR) is 83.3 cm³/mol. The second kappa shape index (κ2) is 6.67. The quantitative estimate of drug-likeness (QED) is 0.880. The standard InChI is InChI=1S/C13H12BrClN4O/c1-2-16-12-5-9(10(15)7-18-12)13(20)19-11-4-3-8(14)6-17-11/h3-7H,2H2,1H3,(H,16,18)(H,17,19,20). The summed E-state index contributed by atoms with van der Waals surface area (Å²) in [5.41, 5.74) is 0.349. The van der Waals surface area contributed by atoms with E-state index in [1.807, 2.05) is 6.92 Å². The van der Waals surface area contributed by atoms with Crippen LogP contribution in [0, 0.1) is 0 Å². The lowest BCUT2D eigenvalue weighted by molar-refractivity contribution is 0.102. The number of hydrogen-bond acceptors (Lipinski definition) is 4. The zero-order chi connectivity index (χ0) is 14.5. The average molecular weight is 356 g/mol. The van der Waals surface area contributed by atoms with Crippen LogP contribution in [0.2, 0.25) is 5.02 Å². The number of amides is 1. The number of nitrogens with one attached hydrogen (secondary N) is 2. The van der Waals surface area contributed by atoms with Crippen LogP contribution in [-0.4, -0.2) is 22.4 Å². The Kier molecular flexibility index (Phi) is 4.92. The van der Waals surface area contributed by atoms with E-state index in [2.05, 4.69) is 36.5 Å². The van der Waals surface area contributed by atoms with E-state index in [4.69, 9.17) is 11.6 Å². The van der Waals surface area contributed by atoms with Gasteiger partial charge in [0.1, 0.15) is 11.6 Å². The Morgan fingerprint density at radius 2 is 2.05 bits per heavy atom. The summed E-state index contributed by atoms with van der Waals surface area (Å²) in [5, 5.41) is 6.01. The number of carbonyl (C=O) groups is 1. The number of hydrogen-bond donors (Lipinski definition) is 2. The van der Waals surface area contributed by atoms with Gasteiger partial charge in [-0.25, -0.2) is 9.97 Å². The van der Waals surface area contributed by atoms with Crippen molar-refractivity contribution in [2.75, 3.05) is 17.2 Å². The van der Waals surface area contributed by atoms with Crippen molar-refractivity contribution < 1.29 is 4.79 Å². The lowest BCUT2D eigenvalue weighted by atomic mass is 10.2. The minimum atomic E-state index is -0.327. The van der Waals surface area contributed by atoms with Crippen LogP contribution in [0.25, 0.3) is 0 Å². The van der Waals surface area contributed by atoms with E-state index in [1.165, 1.54) is 6.20 Å². The molecule has 104 valence electrons. The molecule has 0 spiro atoms. The third-order valence-corrected chi connectivity index (χ3v) is 3.20. The van der Waals surface area contributed by atoms with Crippen molar-refractivity contribution in [3.8, 4) is 0 Å². The van der Waals surface area contributed by atoms with Crippen LogP contribution in [0.5, 0.6) is 0 Å². The number of halogens is 2. The molecule has 0 saturated carbocycles. The van der Waals surface area contributed by atoms with Crippen LogP contribution in [-0.2, 0) is 0 Å². The molecule has 1 amide bonds. The molecule has 0 radical (unpaired) electrons. The fraction of sp³-hybridized carbons (Fsp3) is 0.154.